The molecule has 3 N–H and O–H groups in total. The fraction of sp³-hybridized carbons (Fsp3) is 0.542. The SMILES string of the molecule is O=C1NCC[C@@]12Cc1cnc(Nc3ccc(N4CCNCC4)nc3)nc1N(C1CCCC1)C2=O. The number of amides is 2. The van der Waals surface area contributed by atoms with Crippen LogP contribution in [0.2, 0.25) is 0 Å². The summed E-state index contributed by atoms with van der Waals surface area (Å²) in [5.74, 6) is 1.76. The van der Waals surface area contributed by atoms with E-state index < -0.39 is 5.41 Å². The van der Waals surface area contributed by atoms with Gasteiger partial charge in [0.1, 0.15) is 17.1 Å². The van der Waals surface area contributed by atoms with Gasteiger partial charge >= 0.3 is 0 Å². The molecule has 0 bridgehead atoms. The van der Waals surface area contributed by atoms with Crippen molar-refractivity contribution >= 4 is 35.1 Å². The molecule has 0 radical (unpaired) electrons. The largest absolute Gasteiger partial charge is 0.355 e. The summed E-state index contributed by atoms with van der Waals surface area (Å²) < 4.78 is 0. The first-order chi connectivity index (χ1) is 16.6. The number of carbonyl (C=O) groups excluding carboxylic acids is 2. The monoisotopic (exact) mass is 462 g/mol. The molecule has 2 aromatic heterocycles. The van der Waals surface area contributed by atoms with Gasteiger partial charge in [0.25, 0.3) is 0 Å². The van der Waals surface area contributed by atoms with E-state index >= 15 is 0 Å². The van der Waals surface area contributed by atoms with Gasteiger partial charge in [0.15, 0.2) is 0 Å². The predicted molar refractivity (Wildman–Crippen MR) is 128 cm³/mol. The lowest BCUT2D eigenvalue weighted by Crippen LogP contribution is -2.56. The number of anilines is 4. The Kier molecular flexibility index (Phi) is 5.32. The number of nitrogens with zero attached hydrogens (tertiary/aromatic N) is 5. The molecular formula is C24H30N8O2. The lowest BCUT2D eigenvalue weighted by molar-refractivity contribution is -0.140. The smallest absolute Gasteiger partial charge is 0.244 e. The second kappa shape index (κ2) is 8.50. The van der Waals surface area contributed by atoms with Crippen LogP contribution in [-0.4, -0.2) is 65.5 Å². The van der Waals surface area contributed by atoms with Crippen molar-refractivity contribution in [3.8, 4) is 0 Å². The van der Waals surface area contributed by atoms with E-state index in [1.807, 2.05) is 17.0 Å². The Bertz CT molecular complexity index is 1090. The van der Waals surface area contributed by atoms with Gasteiger partial charge in [-0.3, -0.25) is 14.5 Å². The molecule has 10 nitrogen and oxygen atoms in total. The third-order valence-electron chi connectivity index (χ3n) is 7.60. The molecule has 2 amide bonds. The van der Waals surface area contributed by atoms with E-state index in [0.717, 1.165) is 68.9 Å². The van der Waals surface area contributed by atoms with Crippen molar-refractivity contribution in [3.63, 3.8) is 0 Å². The first-order valence-corrected chi connectivity index (χ1v) is 12.3. The molecule has 1 spiro atoms. The van der Waals surface area contributed by atoms with Crippen molar-refractivity contribution in [1.29, 1.82) is 0 Å². The molecule has 5 heterocycles. The minimum Gasteiger partial charge on any atom is -0.355 e. The van der Waals surface area contributed by atoms with Crippen LogP contribution in [0.25, 0.3) is 0 Å². The summed E-state index contributed by atoms with van der Waals surface area (Å²) in [5.41, 5.74) is 0.638. The minimum absolute atomic E-state index is 0.0829. The van der Waals surface area contributed by atoms with Crippen LogP contribution in [-0.2, 0) is 16.0 Å². The van der Waals surface area contributed by atoms with Crippen molar-refractivity contribution in [1.82, 2.24) is 25.6 Å². The summed E-state index contributed by atoms with van der Waals surface area (Å²) in [6.07, 6.45) is 8.50. The maximum Gasteiger partial charge on any atom is 0.244 e. The Hall–Kier alpha value is -3.27. The highest BCUT2D eigenvalue weighted by Gasteiger charge is 2.56. The van der Waals surface area contributed by atoms with Crippen LogP contribution in [0.15, 0.2) is 24.5 Å². The van der Waals surface area contributed by atoms with E-state index in [1.165, 1.54) is 0 Å². The van der Waals surface area contributed by atoms with Crippen LogP contribution < -0.4 is 25.8 Å². The second-order valence-electron chi connectivity index (χ2n) is 9.69. The van der Waals surface area contributed by atoms with Crippen molar-refractivity contribution in [2.75, 3.05) is 47.8 Å². The van der Waals surface area contributed by atoms with Crippen LogP contribution in [0.1, 0.15) is 37.7 Å². The zero-order valence-electron chi connectivity index (χ0n) is 19.2. The molecular weight excluding hydrogens is 432 g/mol. The minimum atomic E-state index is -1.02. The van der Waals surface area contributed by atoms with Gasteiger partial charge in [0.05, 0.1) is 11.9 Å². The van der Waals surface area contributed by atoms with Gasteiger partial charge in [-0.2, -0.15) is 4.98 Å². The number of piperazine rings is 1. The van der Waals surface area contributed by atoms with Crippen LogP contribution in [0.5, 0.6) is 0 Å². The summed E-state index contributed by atoms with van der Waals surface area (Å²) in [6, 6.07) is 4.06. The molecule has 1 atom stereocenters. The van der Waals surface area contributed by atoms with Crippen molar-refractivity contribution < 1.29 is 9.59 Å². The number of pyridine rings is 1. The van der Waals surface area contributed by atoms with E-state index in [0.29, 0.717) is 31.2 Å². The maximum atomic E-state index is 13.7. The Labute approximate surface area is 198 Å². The van der Waals surface area contributed by atoms with Gasteiger partial charge in [0, 0.05) is 56.9 Å². The highest BCUT2D eigenvalue weighted by molar-refractivity contribution is 6.14. The molecule has 2 saturated heterocycles. The van der Waals surface area contributed by atoms with Crippen molar-refractivity contribution in [3.05, 3.63) is 30.1 Å². The van der Waals surface area contributed by atoms with E-state index in [1.54, 1.807) is 12.4 Å². The topological polar surface area (TPSA) is 115 Å². The fourth-order valence-electron chi connectivity index (χ4n) is 5.73. The molecule has 34 heavy (non-hydrogen) atoms. The molecule has 2 aromatic rings. The summed E-state index contributed by atoms with van der Waals surface area (Å²) in [4.78, 5) is 44.5. The number of hydrogen-bond acceptors (Lipinski definition) is 8. The Balaban J connectivity index is 1.28. The summed E-state index contributed by atoms with van der Waals surface area (Å²) in [6.45, 7) is 4.35. The molecule has 1 aliphatic carbocycles. The quantitative estimate of drug-likeness (QED) is 0.584. The van der Waals surface area contributed by atoms with Gasteiger partial charge in [-0.1, -0.05) is 12.8 Å². The van der Waals surface area contributed by atoms with E-state index in [4.69, 9.17) is 4.98 Å². The average molecular weight is 463 g/mol. The number of aromatic nitrogens is 3. The van der Waals surface area contributed by atoms with Gasteiger partial charge in [-0.15, -0.1) is 0 Å². The fourth-order valence-corrected chi connectivity index (χ4v) is 5.73. The van der Waals surface area contributed by atoms with Gasteiger partial charge in [0.2, 0.25) is 17.8 Å². The van der Waals surface area contributed by atoms with E-state index in [2.05, 4.69) is 30.8 Å². The van der Waals surface area contributed by atoms with Crippen LogP contribution >= 0.6 is 0 Å². The Morgan fingerprint density at radius 2 is 1.85 bits per heavy atom. The van der Waals surface area contributed by atoms with E-state index in [-0.39, 0.29) is 17.9 Å². The van der Waals surface area contributed by atoms with Gasteiger partial charge in [-0.25, -0.2) is 9.97 Å². The third-order valence-corrected chi connectivity index (χ3v) is 7.60. The Morgan fingerprint density at radius 3 is 2.56 bits per heavy atom. The normalized spacial score (nSPS) is 25.1. The average Bonchev–Trinajstić information content (AvgIpc) is 3.52. The number of carbonyl (C=O) groups is 2. The zero-order chi connectivity index (χ0) is 23.1. The van der Waals surface area contributed by atoms with Crippen LogP contribution in [0.3, 0.4) is 0 Å². The molecule has 4 aliphatic rings. The lowest BCUT2D eigenvalue weighted by Gasteiger charge is -2.40. The second-order valence-corrected chi connectivity index (χ2v) is 9.69. The maximum absolute atomic E-state index is 13.7. The number of rotatable bonds is 4. The molecule has 178 valence electrons. The molecule has 3 fully saturated rings. The summed E-state index contributed by atoms with van der Waals surface area (Å²) in [7, 11) is 0. The standard InChI is InChI=1S/C24H30N8O2/c33-21-24(7-8-26-21)13-16-14-28-23(30-20(16)32(22(24)34)18-3-1-2-4-18)29-17-5-6-19(27-15-17)31-11-9-25-10-12-31/h5-6,14-15,18,25H,1-4,7-13H2,(H,26,33)(H,28,29,30)/t24-/m1/s1. The Morgan fingerprint density at radius 1 is 1.03 bits per heavy atom. The first-order valence-electron chi connectivity index (χ1n) is 12.3. The third kappa shape index (κ3) is 3.56. The van der Waals surface area contributed by atoms with Crippen molar-refractivity contribution in [2.24, 2.45) is 5.41 Å². The summed E-state index contributed by atoms with van der Waals surface area (Å²) in [5, 5.41) is 9.47. The highest BCUT2D eigenvalue weighted by atomic mass is 16.2. The molecule has 3 aliphatic heterocycles. The first kappa shape index (κ1) is 21.3. The number of nitrogens with one attached hydrogen (secondary N) is 3. The van der Waals surface area contributed by atoms with Gasteiger partial charge < -0.3 is 20.9 Å². The van der Waals surface area contributed by atoms with Gasteiger partial charge in [-0.05, 0) is 31.4 Å². The van der Waals surface area contributed by atoms with Crippen LogP contribution in [0, 0.1) is 5.41 Å². The predicted octanol–water partition coefficient (Wildman–Crippen LogP) is 1.36. The summed E-state index contributed by atoms with van der Waals surface area (Å²) >= 11 is 0. The van der Waals surface area contributed by atoms with E-state index in [9.17, 15) is 9.59 Å². The molecule has 6 rings (SSSR count). The highest BCUT2D eigenvalue weighted by Crippen LogP contribution is 2.44. The zero-order valence-corrected chi connectivity index (χ0v) is 19.2. The molecule has 10 heteroatoms. The lowest BCUT2D eigenvalue weighted by atomic mass is 9.76. The molecule has 0 unspecified atom stereocenters. The number of fused-ring (bicyclic) bond motifs is 1. The van der Waals surface area contributed by atoms with Crippen molar-refractivity contribution in [2.45, 2.75) is 44.6 Å². The number of hydrogen-bond donors (Lipinski definition) is 3. The molecule has 0 aromatic carbocycles. The molecule has 1 saturated carbocycles. The van der Waals surface area contributed by atoms with Crippen LogP contribution in [0.4, 0.5) is 23.3 Å².